The van der Waals surface area contributed by atoms with Crippen molar-refractivity contribution < 1.29 is 9.50 Å². The van der Waals surface area contributed by atoms with Gasteiger partial charge in [-0.2, -0.15) is 0 Å². The normalized spacial score (nSPS) is 22.0. The van der Waals surface area contributed by atoms with Gasteiger partial charge in [-0.25, -0.2) is 4.39 Å². The van der Waals surface area contributed by atoms with Gasteiger partial charge in [-0.15, -0.1) is 0 Å². The van der Waals surface area contributed by atoms with Crippen molar-refractivity contribution in [2.75, 3.05) is 13.7 Å². The second-order valence-corrected chi connectivity index (χ2v) is 6.05. The number of nitrogens with zero attached hydrogens (tertiary/aromatic N) is 1. The van der Waals surface area contributed by atoms with E-state index in [0.717, 1.165) is 12.1 Å². The molecule has 114 valence electrons. The Morgan fingerprint density at radius 1 is 1.29 bits per heavy atom. The lowest BCUT2D eigenvalue weighted by Crippen LogP contribution is -2.38. The highest BCUT2D eigenvalue weighted by Gasteiger charge is 2.24. The van der Waals surface area contributed by atoms with Crippen molar-refractivity contribution in [3.05, 3.63) is 35.1 Å². The molecule has 1 fully saturated rings. The zero-order chi connectivity index (χ0) is 15.2. The quantitative estimate of drug-likeness (QED) is 0.864. The molecule has 21 heavy (non-hydrogen) atoms. The Bertz CT molecular complexity index is 532. The van der Waals surface area contributed by atoms with Crippen LogP contribution in [0.2, 0.25) is 0 Å². The molecule has 0 amide bonds. The molecule has 0 aliphatic heterocycles. The van der Waals surface area contributed by atoms with E-state index < -0.39 is 0 Å². The number of hydrogen-bond donors (Lipinski definition) is 1. The Morgan fingerprint density at radius 2 is 2.05 bits per heavy atom. The number of rotatable bonds is 3. The molecule has 0 radical (unpaired) electrons. The fourth-order valence-electron chi connectivity index (χ4n) is 3.31. The molecule has 1 aliphatic carbocycles. The van der Waals surface area contributed by atoms with Crippen molar-refractivity contribution in [2.45, 2.75) is 45.2 Å². The van der Waals surface area contributed by atoms with Gasteiger partial charge in [0, 0.05) is 18.2 Å². The van der Waals surface area contributed by atoms with Gasteiger partial charge in [0.15, 0.2) is 0 Å². The van der Waals surface area contributed by atoms with E-state index in [4.69, 9.17) is 5.11 Å². The van der Waals surface area contributed by atoms with Gasteiger partial charge in [0.25, 0.3) is 0 Å². The van der Waals surface area contributed by atoms with Crippen LogP contribution in [0.3, 0.4) is 0 Å². The third kappa shape index (κ3) is 4.56. The van der Waals surface area contributed by atoms with E-state index in [-0.39, 0.29) is 12.4 Å². The maximum absolute atomic E-state index is 13.7. The van der Waals surface area contributed by atoms with Crippen LogP contribution in [-0.2, 0) is 6.54 Å². The molecule has 2 unspecified atom stereocenters. The van der Waals surface area contributed by atoms with Crippen LogP contribution < -0.4 is 0 Å². The molecule has 0 aromatic heterocycles. The van der Waals surface area contributed by atoms with E-state index in [0.29, 0.717) is 17.5 Å². The Labute approximate surface area is 127 Å². The van der Waals surface area contributed by atoms with Gasteiger partial charge in [-0.1, -0.05) is 31.6 Å². The van der Waals surface area contributed by atoms with Gasteiger partial charge in [0.05, 0.1) is 0 Å². The predicted octanol–water partition coefficient (Wildman–Crippen LogP) is 3.18. The van der Waals surface area contributed by atoms with E-state index in [1.165, 1.54) is 31.7 Å². The maximum Gasteiger partial charge on any atom is 0.124 e. The Kier molecular flexibility index (Phi) is 5.78. The predicted molar refractivity (Wildman–Crippen MR) is 83.3 cm³/mol. The molecule has 1 aromatic carbocycles. The van der Waals surface area contributed by atoms with Crippen LogP contribution >= 0.6 is 0 Å². The smallest absolute Gasteiger partial charge is 0.124 e. The van der Waals surface area contributed by atoms with Crippen molar-refractivity contribution in [2.24, 2.45) is 5.92 Å². The van der Waals surface area contributed by atoms with E-state index in [9.17, 15) is 4.39 Å². The molecule has 1 aliphatic rings. The first-order valence-corrected chi connectivity index (χ1v) is 7.69. The molecule has 2 atom stereocenters. The number of aliphatic hydroxyl groups is 1. The van der Waals surface area contributed by atoms with Gasteiger partial charge in [0.1, 0.15) is 12.4 Å². The van der Waals surface area contributed by atoms with Crippen LogP contribution in [0.15, 0.2) is 18.2 Å². The van der Waals surface area contributed by atoms with E-state index in [1.54, 1.807) is 6.07 Å². The monoisotopic (exact) mass is 289 g/mol. The largest absolute Gasteiger partial charge is 0.384 e. The summed E-state index contributed by atoms with van der Waals surface area (Å²) in [5.74, 6) is 5.78. The summed E-state index contributed by atoms with van der Waals surface area (Å²) in [6, 6.07) is 5.48. The second kappa shape index (κ2) is 7.59. The standard InChI is InChI=1S/C18H24FNO/c1-14-6-3-4-8-18(14)20(2)13-16-10-15(7-5-9-21)11-17(19)12-16/h10-12,14,18,21H,3-4,6,8-9,13H2,1-2H3. The van der Waals surface area contributed by atoms with Gasteiger partial charge in [-0.3, -0.25) is 4.90 Å². The lowest BCUT2D eigenvalue weighted by atomic mass is 9.85. The van der Waals surface area contributed by atoms with E-state index >= 15 is 0 Å². The molecule has 2 rings (SSSR count). The van der Waals surface area contributed by atoms with Gasteiger partial charge in [0.2, 0.25) is 0 Å². The van der Waals surface area contributed by atoms with Crippen molar-refractivity contribution in [1.82, 2.24) is 4.90 Å². The third-order valence-corrected chi connectivity index (χ3v) is 4.33. The summed E-state index contributed by atoms with van der Waals surface area (Å²) in [5.41, 5.74) is 1.57. The van der Waals surface area contributed by atoms with Crippen LogP contribution in [0.4, 0.5) is 4.39 Å². The summed E-state index contributed by atoms with van der Waals surface area (Å²) >= 11 is 0. The lowest BCUT2D eigenvalue weighted by Gasteiger charge is -2.36. The Balaban J connectivity index is 2.09. The van der Waals surface area contributed by atoms with Crippen molar-refractivity contribution in [3.63, 3.8) is 0 Å². The molecular formula is C18H24FNO. The van der Waals surface area contributed by atoms with Crippen LogP contribution in [0, 0.1) is 23.6 Å². The summed E-state index contributed by atoms with van der Waals surface area (Å²) in [6.07, 6.45) is 5.12. The fraction of sp³-hybridized carbons (Fsp3) is 0.556. The lowest BCUT2D eigenvalue weighted by molar-refractivity contribution is 0.133. The first kappa shape index (κ1) is 16.0. The Morgan fingerprint density at radius 3 is 2.76 bits per heavy atom. The second-order valence-electron chi connectivity index (χ2n) is 6.05. The Hall–Kier alpha value is -1.37. The highest BCUT2D eigenvalue weighted by molar-refractivity contribution is 5.37. The zero-order valence-electron chi connectivity index (χ0n) is 12.9. The van der Waals surface area contributed by atoms with Crippen LogP contribution in [-0.4, -0.2) is 29.7 Å². The van der Waals surface area contributed by atoms with Crippen molar-refractivity contribution in [1.29, 1.82) is 0 Å². The molecule has 2 nitrogen and oxygen atoms in total. The van der Waals surface area contributed by atoms with Crippen molar-refractivity contribution in [3.8, 4) is 11.8 Å². The third-order valence-electron chi connectivity index (χ3n) is 4.33. The SMILES string of the molecule is CC1CCCCC1N(C)Cc1cc(F)cc(C#CCO)c1. The summed E-state index contributed by atoms with van der Waals surface area (Å²) in [5, 5.41) is 8.74. The van der Waals surface area contributed by atoms with Crippen LogP contribution in [0.25, 0.3) is 0 Å². The van der Waals surface area contributed by atoms with Crippen LogP contribution in [0.5, 0.6) is 0 Å². The zero-order valence-corrected chi connectivity index (χ0v) is 12.9. The van der Waals surface area contributed by atoms with Gasteiger partial charge < -0.3 is 5.11 Å². The fourth-order valence-corrected chi connectivity index (χ4v) is 3.31. The first-order valence-electron chi connectivity index (χ1n) is 7.69. The average molecular weight is 289 g/mol. The number of benzene rings is 1. The number of halogens is 1. The summed E-state index contributed by atoms with van der Waals surface area (Å²) < 4.78 is 13.7. The summed E-state index contributed by atoms with van der Waals surface area (Å²) in [4.78, 5) is 2.34. The topological polar surface area (TPSA) is 23.5 Å². The minimum absolute atomic E-state index is 0.203. The molecule has 1 saturated carbocycles. The molecule has 0 saturated heterocycles. The molecule has 0 spiro atoms. The number of aliphatic hydroxyl groups excluding tert-OH is 1. The summed E-state index contributed by atoms with van der Waals surface area (Å²) in [7, 11) is 2.12. The molecule has 3 heteroatoms. The average Bonchev–Trinajstić information content (AvgIpc) is 2.45. The molecular weight excluding hydrogens is 265 g/mol. The highest BCUT2D eigenvalue weighted by Crippen LogP contribution is 2.28. The minimum atomic E-state index is -0.264. The number of hydrogen-bond acceptors (Lipinski definition) is 2. The van der Waals surface area contributed by atoms with E-state index in [2.05, 4.69) is 30.7 Å². The summed E-state index contributed by atoms with van der Waals surface area (Å²) in [6.45, 7) is 2.84. The van der Waals surface area contributed by atoms with Crippen molar-refractivity contribution >= 4 is 0 Å². The van der Waals surface area contributed by atoms with E-state index in [1.807, 2.05) is 6.07 Å². The molecule has 1 N–H and O–H groups in total. The maximum atomic E-state index is 13.7. The highest BCUT2D eigenvalue weighted by atomic mass is 19.1. The van der Waals surface area contributed by atoms with Gasteiger partial charge in [-0.05, 0) is 49.6 Å². The first-order chi connectivity index (χ1) is 10.1. The van der Waals surface area contributed by atoms with Gasteiger partial charge >= 0.3 is 0 Å². The van der Waals surface area contributed by atoms with Crippen LogP contribution in [0.1, 0.15) is 43.7 Å². The molecule has 0 heterocycles. The minimum Gasteiger partial charge on any atom is -0.384 e. The molecule has 1 aromatic rings. The molecule has 0 bridgehead atoms.